The fourth-order valence-electron chi connectivity index (χ4n) is 5.68. The van der Waals surface area contributed by atoms with Crippen LogP contribution in [0.1, 0.15) is 55.2 Å². The van der Waals surface area contributed by atoms with Crippen LogP contribution in [0.15, 0.2) is 87.5 Å². The highest BCUT2D eigenvalue weighted by Gasteiger charge is 2.31. The summed E-state index contributed by atoms with van der Waals surface area (Å²) in [5.41, 5.74) is 3.02. The normalized spacial score (nSPS) is 19.4. The van der Waals surface area contributed by atoms with Crippen molar-refractivity contribution in [3.05, 3.63) is 89.5 Å². The molecule has 246 valence electrons. The maximum absolute atomic E-state index is 13.0. The van der Waals surface area contributed by atoms with E-state index in [1.165, 1.54) is 0 Å². The Bertz CT molecular complexity index is 1720. The molecular weight excluding hydrogens is 685 g/mol. The molecule has 3 aromatic carbocycles. The van der Waals surface area contributed by atoms with E-state index >= 15 is 0 Å². The molecule has 0 bridgehead atoms. The molecule has 0 aromatic heterocycles. The van der Waals surface area contributed by atoms with Crippen molar-refractivity contribution in [2.45, 2.75) is 74.0 Å². The molecule has 0 aliphatic heterocycles. The fourth-order valence-corrected chi connectivity index (χ4v) is 14.4. The smallest absolute Gasteiger partial charge is 0.212 e. The molecule has 0 saturated heterocycles. The van der Waals surface area contributed by atoms with Gasteiger partial charge >= 0.3 is 0 Å². The van der Waals surface area contributed by atoms with Gasteiger partial charge in [0.25, 0.3) is 0 Å². The molecule has 3 unspecified atom stereocenters. The summed E-state index contributed by atoms with van der Waals surface area (Å²) in [6.45, 7) is 5.77. The summed E-state index contributed by atoms with van der Waals surface area (Å²) in [7, 11) is -7.42. The maximum Gasteiger partial charge on any atom is 0.229 e. The van der Waals surface area contributed by atoms with Crippen LogP contribution < -0.4 is 0 Å². The molecule has 0 spiro atoms. The van der Waals surface area contributed by atoms with Crippen LogP contribution in [0.25, 0.3) is 0 Å². The van der Waals surface area contributed by atoms with E-state index in [1.54, 1.807) is 72.8 Å². The monoisotopic (exact) mass is 726 g/mol. The lowest BCUT2D eigenvalue weighted by atomic mass is 9.71. The lowest BCUT2D eigenvalue weighted by Crippen LogP contribution is -2.27. The minimum Gasteiger partial charge on any atom is -0.212 e. The molecule has 3 atom stereocenters. The van der Waals surface area contributed by atoms with Crippen LogP contribution in [0.3, 0.4) is 0 Å². The Labute approximate surface area is 280 Å². The zero-order valence-corrected chi connectivity index (χ0v) is 30.8. The number of benzene rings is 3. The first-order valence-electron chi connectivity index (χ1n) is 15.1. The Balaban J connectivity index is 1.36. The second kappa shape index (κ2) is 16.1. The molecule has 6 nitrogen and oxygen atoms in total. The van der Waals surface area contributed by atoms with Gasteiger partial charge in [-0.15, -0.1) is 0 Å². The van der Waals surface area contributed by atoms with E-state index in [2.05, 4.69) is 0 Å². The predicted octanol–water partition coefficient (Wildman–Crippen LogP) is 8.48. The maximum atomic E-state index is 13.0. The van der Waals surface area contributed by atoms with Gasteiger partial charge in [0.2, 0.25) is 26.6 Å². The van der Waals surface area contributed by atoms with Crippen LogP contribution in [0.4, 0.5) is 0 Å². The Kier molecular flexibility index (Phi) is 13.0. The molecule has 0 radical (unpaired) electrons. The van der Waals surface area contributed by atoms with E-state index in [4.69, 9.17) is 0 Å². The van der Waals surface area contributed by atoms with Crippen molar-refractivity contribution in [1.82, 2.24) is 0 Å². The first-order chi connectivity index (χ1) is 21.2. The van der Waals surface area contributed by atoms with Crippen molar-refractivity contribution in [2.24, 2.45) is 17.8 Å². The third-order valence-corrected chi connectivity index (χ3v) is 19.1. The molecule has 1 fully saturated rings. The van der Waals surface area contributed by atoms with E-state index in [-0.39, 0.29) is 11.8 Å². The molecule has 45 heavy (non-hydrogen) atoms. The molecule has 0 amide bonds. The predicted molar refractivity (Wildman–Crippen MR) is 191 cm³/mol. The van der Waals surface area contributed by atoms with Gasteiger partial charge in [-0.05, 0) is 139 Å². The minimum absolute atomic E-state index is 0.242. The summed E-state index contributed by atoms with van der Waals surface area (Å²) in [6, 6.07) is 20.7. The average Bonchev–Trinajstić information content (AvgIpc) is 2.98. The van der Waals surface area contributed by atoms with Crippen LogP contribution in [0.2, 0.25) is 0 Å². The Morgan fingerprint density at radius 3 is 1.20 bits per heavy atom. The van der Waals surface area contributed by atoms with E-state index in [1.807, 2.05) is 20.8 Å². The lowest BCUT2D eigenvalue weighted by molar-refractivity contribution is 0.169. The molecule has 1 saturated carbocycles. The molecule has 3 aromatic rings. The third-order valence-electron chi connectivity index (χ3n) is 8.40. The lowest BCUT2D eigenvalue weighted by Gasteiger charge is -2.36. The molecule has 0 heterocycles. The van der Waals surface area contributed by atoms with Gasteiger partial charge < -0.3 is 0 Å². The van der Waals surface area contributed by atoms with Gasteiger partial charge in [-0.1, -0.05) is 59.5 Å². The number of hydrogen-bond donors (Lipinski definition) is 0. The van der Waals surface area contributed by atoms with Gasteiger partial charge in [0.05, 0.1) is 14.7 Å². The summed E-state index contributed by atoms with van der Waals surface area (Å²) in [5, 5.41) is 0. The molecule has 1 aliphatic carbocycles. The van der Waals surface area contributed by atoms with Crippen LogP contribution >= 0.6 is 32.4 Å². The van der Waals surface area contributed by atoms with Crippen molar-refractivity contribution in [3.63, 3.8) is 0 Å². The average molecular weight is 727 g/mol. The van der Waals surface area contributed by atoms with Gasteiger partial charge in [0.1, 0.15) is 0 Å². The molecule has 1 aliphatic rings. The zero-order chi connectivity index (χ0) is 32.7. The highest BCUT2D eigenvalue weighted by atomic mass is 33.1. The first-order valence-corrected chi connectivity index (χ1v) is 24.1. The highest BCUT2D eigenvalue weighted by Crippen LogP contribution is 2.42. The van der Waals surface area contributed by atoms with Gasteiger partial charge in [-0.2, -0.15) is 0 Å². The largest absolute Gasteiger partial charge is 0.229 e. The van der Waals surface area contributed by atoms with Crippen molar-refractivity contribution >= 4 is 59.0 Å². The van der Waals surface area contributed by atoms with Gasteiger partial charge in [-0.25, -0.2) is 25.3 Å². The highest BCUT2D eigenvalue weighted by molar-refractivity contribution is 8.72. The van der Waals surface area contributed by atoms with Crippen LogP contribution in [-0.2, 0) is 26.6 Å². The topological polar surface area (TPSA) is 102 Å². The van der Waals surface area contributed by atoms with Gasteiger partial charge in [0.15, 0.2) is 0 Å². The molecule has 4 rings (SSSR count). The Hall–Kier alpha value is -1.44. The number of rotatable bonds is 15. The van der Waals surface area contributed by atoms with Crippen LogP contribution in [0.5, 0.6) is 0 Å². The van der Waals surface area contributed by atoms with Crippen molar-refractivity contribution in [2.75, 3.05) is 17.3 Å². The van der Waals surface area contributed by atoms with E-state index in [0.29, 0.717) is 44.3 Å². The molecular formula is C33H42O6S6. The SMILES string of the molecule is Cc1ccc(S(=O)(=O)SCCC2CCC(CCSS(=O)(=O)c3ccc(C)cc3)C(CCSS(=O)(=O)c3ccc(C)cc3)C2)cc1. The summed E-state index contributed by atoms with van der Waals surface area (Å²) >= 11 is 0. The number of aryl methyl sites for hydroxylation is 3. The Morgan fingerprint density at radius 2 is 0.822 bits per heavy atom. The van der Waals surface area contributed by atoms with Crippen molar-refractivity contribution in [1.29, 1.82) is 0 Å². The summed E-state index contributed by atoms with van der Waals surface area (Å²) in [5.74, 6) is 2.30. The number of hydrogen-bond acceptors (Lipinski definition) is 9. The van der Waals surface area contributed by atoms with Crippen molar-refractivity contribution < 1.29 is 25.3 Å². The summed E-state index contributed by atoms with van der Waals surface area (Å²) in [4.78, 5) is 0.944. The second-order valence-electron chi connectivity index (χ2n) is 11.8. The Morgan fingerprint density at radius 1 is 0.489 bits per heavy atom. The first kappa shape index (κ1) is 36.4. The van der Waals surface area contributed by atoms with E-state index in [9.17, 15) is 25.3 Å². The van der Waals surface area contributed by atoms with Gasteiger partial charge in [-0.3, -0.25) is 0 Å². The standard InChI is InChI=1S/C33H42O6S6/c1-25-4-12-31(13-5-25)43(34,35)40-21-18-28-10-11-29(19-22-41-44(36,37)32-14-6-26(2)7-15-32)30(24-28)20-23-42-45(38,39)33-16-8-27(3)9-17-33/h4-9,12-17,28-30H,10-11,18-24H2,1-3H3. The molecule has 12 heteroatoms. The second-order valence-corrected chi connectivity index (χ2v) is 24.0. The fraction of sp³-hybridized carbons (Fsp3) is 0.455. The van der Waals surface area contributed by atoms with E-state index < -0.39 is 26.6 Å². The van der Waals surface area contributed by atoms with Gasteiger partial charge in [0, 0.05) is 17.3 Å². The minimum atomic E-state index is -3.48. The summed E-state index contributed by atoms with van der Waals surface area (Å²) < 4.78 is 77.5. The summed E-state index contributed by atoms with van der Waals surface area (Å²) in [6.07, 6.45) is 4.97. The van der Waals surface area contributed by atoms with Crippen LogP contribution in [0, 0.1) is 38.5 Å². The third kappa shape index (κ3) is 10.8. The zero-order valence-electron chi connectivity index (χ0n) is 25.9. The van der Waals surface area contributed by atoms with Crippen molar-refractivity contribution in [3.8, 4) is 0 Å². The van der Waals surface area contributed by atoms with Crippen LogP contribution in [-0.4, -0.2) is 42.5 Å². The van der Waals surface area contributed by atoms with E-state index in [0.717, 1.165) is 81.2 Å². The quantitative estimate of drug-likeness (QED) is 0.143. The molecule has 0 N–H and O–H groups in total.